The number of aliphatic hydroxyl groups excluding tert-OH is 1. The lowest BCUT2D eigenvalue weighted by molar-refractivity contribution is -0.972. The van der Waals surface area contributed by atoms with Gasteiger partial charge in [-0.3, -0.25) is 9.69 Å². The molecule has 0 amide bonds. The summed E-state index contributed by atoms with van der Waals surface area (Å²) in [6.07, 6.45) is 2.26. The highest BCUT2D eigenvalue weighted by Gasteiger charge is 2.62. The van der Waals surface area contributed by atoms with Crippen molar-refractivity contribution in [1.29, 1.82) is 0 Å². The summed E-state index contributed by atoms with van der Waals surface area (Å²) in [4.78, 5) is 32.4. The number of piperidine rings is 1. The van der Waals surface area contributed by atoms with Gasteiger partial charge in [0.1, 0.15) is 29.1 Å². The maximum absolute atomic E-state index is 12.4. The van der Waals surface area contributed by atoms with Gasteiger partial charge < -0.3 is 14.6 Å². The molecule has 9 heteroatoms. The lowest BCUT2D eigenvalue weighted by atomic mass is 9.97. The molecule has 0 radical (unpaired) electrons. The SMILES string of the molecule is CN1[C@@H]2C[C@@H](OC(=O)[C@H](CO)c3ccccc3)C[C@H]1[C@@H]1O[C@@H]12.CO[N+](=O)OC. The van der Waals surface area contributed by atoms with Crippen LogP contribution in [0.3, 0.4) is 0 Å². The number of aliphatic hydroxyl groups is 1. The first-order valence-electron chi connectivity index (χ1n) is 9.29. The van der Waals surface area contributed by atoms with E-state index in [1.807, 2.05) is 30.3 Å². The van der Waals surface area contributed by atoms with Crippen molar-refractivity contribution in [2.45, 2.75) is 49.2 Å². The molecule has 1 N–H and O–H groups in total. The molecule has 0 aromatic heterocycles. The van der Waals surface area contributed by atoms with Gasteiger partial charge in [0.05, 0.1) is 6.61 Å². The number of benzene rings is 1. The summed E-state index contributed by atoms with van der Waals surface area (Å²) in [5, 5.41) is 9.56. The molecular weight excluding hydrogens is 368 g/mol. The molecule has 3 aliphatic rings. The smallest absolute Gasteiger partial charge is 0.462 e. The Kier molecular flexibility index (Phi) is 6.48. The Balaban J connectivity index is 0.000000330. The molecule has 28 heavy (non-hydrogen) atoms. The first-order valence-corrected chi connectivity index (χ1v) is 9.29. The van der Waals surface area contributed by atoms with Crippen LogP contribution >= 0.6 is 0 Å². The Bertz CT molecular complexity index is 662. The van der Waals surface area contributed by atoms with Gasteiger partial charge >= 0.3 is 11.1 Å². The van der Waals surface area contributed by atoms with Gasteiger partial charge in [-0.25, -0.2) is 0 Å². The minimum Gasteiger partial charge on any atom is -0.462 e. The summed E-state index contributed by atoms with van der Waals surface area (Å²) in [6.45, 7) is -0.226. The molecule has 3 heterocycles. The van der Waals surface area contributed by atoms with Crippen molar-refractivity contribution < 1.29 is 34.1 Å². The van der Waals surface area contributed by atoms with Crippen LogP contribution in [0.25, 0.3) is 0 Å². The molecule has 3 fully saturated rings. The van der Waals surface area contributed by atoms with Gasteiger partial charge in [-0.15, -0.1) is 0 Å². The molecule has 2 bridgehead atoms. The standard InChI is InChI=1S/C17H21NO4.C2H6NO3/c1-18-13-7-11(8-14(18)16-15(13)22-16)21-17(20)12(9-19)10-5-3-2-4-6-10;1-5-3(4)6-2/h2-6,11-16,19H,7-9H2,1H3;1-2H3/q;+1/t11-,12-,13-,14+,15-,16+;/m1./s1. The zero-order valence-electron chi connectivity index (χ0n) is 16.3. The molecule has 0 unspecified atom stereocenters. The minimum absolute atomic E-state index is 0. The van der Waals surface area contributed by atoms with Gasteiger partial charge in [-0.2, -0.15) is 9.68 Å². The Hall–Kier alpha value is -2.23. The van der Waals surface area contributed by atoms with Crippen LogP contribution in [-0.4, -0.2) is 79.3 Å². The first-order chi connectivity index (χ1) is 13.5. The van der Waals surface area contributed by atoms with Crippen molar-refractivity contribution in [2.24, 2.45) is 0 Å². The van der Waals surface area contributed by atoms with Crippen LogP contribution < -0.4 is 0 Å². The predicted octanol–water partition coefficient (Wildman–Crippen LogP) is 0.806. The van der Waals surface area contributed by atoms with Gasteiger partial charge in [0.2, 0.25) is 0 Å². The summed E-state index contributed by atoms with van der Waals surface area (Å²) < 4.78 is 11.4. The second-order valence-electron chi connectivity index (χ2n) is 7.13. The average molecular weight is 395 g/mol. The number of morpholine rings is 1. The maximum atomic E-state index is 12.4. The number of nitrogens with zero attached hydrogens (tertiary/aromatic N) is 2. The number of epoxide rings is 1. The number of esters is 1. The summed E-state index contributed by atoms with van der Waals surface area (Å²) in [7, 11) is 4.57. The van der Waals surface area contributed by atoms with Crippen LogP contribution in [0, 0.1) is 4.91 Å². The fourth-order valence-electron chi connectivity index (χ4n) is 4.12. The van der Waals surface area contributed by atoms with Gasteiger partial charge in [-0.05, 0) is 12.6 Å². The number of fused-ring (bicyclic) bond motifs is 5. The molecule has 9 nitrogen and oxygen atoms in total. The Morgan fingerprint density at radius 3 is 2.25 bits per heavy atom. The van der Waals surface area contributed by atoms with Crippen molar-refractivity contribution >= 4 is 5.97 Å². The van der Waals surface area contributed by atoms with E-state index in [1.54, 1.807) is 0 Å². The zero-order chi connectivity index (χ0) is 20.3. The van der Waals surface area contributed by atoms with Crippen LogP contribution in [0.5, 0.6) is 0 Å². The van der Waals surface area contributed by atoms with E-state index in [-0.39, 0.29) is 23.8 Å². The summed E-state index contributed by atoms with van der Waals surface area (Å²) in [5.41, 5.74) is 0.803. The fourth-order valence-corrected chi connectivity index (χ4v) is 4.12. The first kappa shape index (κ1) is 20.5. The highest BCUT2D eigenvalue weighted by atomic mass is 17.0. The number of hydrogen-bond donors (Lipinski definition) is 1. The number of carbonyl (C=O) groups is 1. The molecule has 3 saturated heterocycles. The van der Waals surface area contributed by atoms with Gasteiger partial charge in [0, 0.05) is 24.9 Å². The van der Waals surface area contributed by atoms with Crippen LogP contribution in [0.4, 0.5) is 0 Å². The summed E-state index contributed by atoms with van der Waals surface area (Å²) in [5.74, 6) is -0.915. The quantitative estimate of drug-likeness (QED) is 0.429. The molecule has 1 aromatic rings. The molecule has 0 spiro atoms. The average Bonchev–Trinajstić information content (AvgIpc) is 3.47. The Labute approximate surface area is 163 Å². The molecular formula is C19H27N2O7+. The lowest BCUT2D eigenvalue weighted by Crippen LogP contribution is -2.48. The maximum Gasteiger partial charge on any atom is 0.476 e. The molecule has 1 aromatic carbocycles. The normalized spacial score (nSPS) is 30.9. The van der Waals surface area contributed by atoms with E-state index in [1.165, 1.54) is 14.2 Å². The molecule has 0 aliphatic carbocycles. The van der Waals surface area contributed by atoms with E-state index in [0.717, 1.165) is 18.4 Å². The zero-order valence-corrected chi connectivity index (χ0v) is 16.3. The molecule has 154 valence electrons. The van der Waals surface area contributed by atoms with E-state index in [9.17, 15) is 14.8 Å². The lowest BCUT2D eigenvalue weighted by Gasteiger charge is -2.38. The van der Waals surface area contributed by atoms with Crippen molar-refractivity contribution in [3.05, 3.63) is 40.8 Å². The minimum atomic E-state index is -0.593. The number of ether oxygens (including phenoxy) is 2. The monoisotopic (exact) mass is 395 g/mol. The van der Waals surface area contributed by atoms with E-state index in [4.69, 9.17) is 9.47 Å². The fraction of sp³-hybridized carbons (Fsp3) is 0.632. The van der Waals surface area contributed by atoms with E-state index in [2.05, 4.69) is 21.6 Å². The third kappa shape index (κ3) is 4.26. The summed E-state index contributed by atoms with van der Waals surface area (Å²) in [6, 6.07) is 10.1. The predicted molar refractivity (Wildman–Crippen MR) is 97.0 cm³/mol. The van der Waals surface area contributed by atoms with Crippen molar-refractivity contribution in [2.75, 3.05) is 27.9 Å². The Morgan fingerprint density at radius 2 is 1.79 bits per heavy atom. The highest BCUT2D eigenvalue weighted by Crippen LogP contribution is 2.48. The van der Waals surface area contributed by atoms with Crippen molar-refractivity contribution in [3.63, 3.8) is 0 Å². The van der Waals surface area contributed by atoms with E-state index < -0.39 is 5.92 Å². The van der Waals surface area contributed by atoms with Crippen molar-refractivity contribution in [3.8, 4) is 0 Å². The molecule has 0 saturated carbocycles. The van der Waals surface area contributed by atoms with Crippen LogP contribution in [0.1, 0.15) is 24.3 Å². The Morgan fingerprint density at radius 1 is 1.21 bits per heavy atom. The molecule has 4 rings (SSSR count). The second kappa shape index (κ2) is 8.85. The third-order valence-corrected chi connectivity index (χ3v) is 5.62. The number of carbonyl (C=O) groups excluding carboxylic acids is 1. The molecule has 6 atom stereocenters. The van der Waals surface area contributed by atoms with E-state index >= 15 is 0 Å². The van der Waals surface area contributed by atoms with Crippen LogP contribution in [-0.2, 0) is 23.9 Å². The summed E-state index contributed by atoms with van der Waals surface area (Å²) >= 11 is 0. The van der Waals surface area contributed by atoms with E-state index in [0.29, 0.717) is 24.3 Å². The highest BCUT2D eigenvalue weighted by molar-refractivity contribution is 5.78. The number of likely N-dealkylation sites (N-methyl/N-ethyl adjacent to an activating group) is 1. The van der Waals surface area contributed by atoms with Crippen molar-refractivity contribution in [1.82, 2.24) is 4.90 Å². The molecule has 3 aliphatic heterocycles. The van der Waals surface area contributed by atoms with Gasteiger partial charge in [0.25, 0.3) is 0 Å². The largest absolute Gasteiger partial charge is 0.476 e. The topological polar surface area (TPSA) is 101 Å². The van der Waals surface area contributed by atoms with Gasteiger partial charge in [0.15, 0.2) is 14.2 Å². The third-order valence-electron chi connectivity index (χ3n) is 5.62. The van der Waals surface area contributed by atoms with Crippen LogP contribution in [0.15, 0.2) is 30.3 Å². The van der Waals surface area contributed by atoms with Crippen LogP contribution in [0.2, 0.25) is 0 Å². The second-order valence-corrected chi connectivity index (χ2v) is 7.13. The number of rotatable bonds is 6. The number of hydrogen-bond acceptors (Lipinski definition) is 8. The van der Waals surface area contributed by atoms with Gasteiger partial charge in [-0.1, -0.05) is 30.3 Å².